The van der Waals surface area contributed by atoms with Crippen LogP contribution in [-0.2, 0) is 0 Å². The second-order valence-corrected chi connectivity index (χ2v) is 2.86. The molecule has 1 unspecified atom stereocenters. The van der Waals surface area contributed by atoms with E-state index in [1.54, 1.807) is 12.1 Å². The van der Waals surface area contributed by atoms with Crippen molar-refractivity contribution in [2.45, 2.75) is 12.3 Å². The highest BCUT2D eigenvalue weighted by atomic mass is 19.2. The van der Waals surface area contributed by atoms with Gasteiger partial charge in [0, 0.05) is 0 Å². The lowest BCUT2D eigenvalue weighted by atomic mass is 9.97. The molecule has 1 radical (unpaired) electrons. The minimum absolute atomic E-state index is 0.270. The quantitative estimate of drug-likeness (QED) is 0.626. The third-order valence-electron chi connectivity index (χ3n) is 1.87. The van der Waals surface area contributed by atoms with Crippen molar-refractivity contribution in [2.75, 3.05) is 0 Å². The summed E-state index contributed by atoms with van der Waals surface area (Å²) in [4.78, 5) is 0. The number of hydrogen-bond donors (Lipinski definition) is 0. The van der Waals surface area contributed by atoms with Gasteiger partial charge in [0.05, 0.1) is 0 Å². The Morgan fingerprint density at radius 3 is 2.69 bits per heavy atom. The minimum atomic E-state index is -0.824. The van der Waals surface area contributed by atoms with Gasteiger partial charge in [-0.05, 0) is 30.9 Å². The highest BCUT2D eigenvalue weighted by molar-refractivity contribution is 5.24. The Hall–Kier alpha value is -1.18. The van der Waals surface area contributed by atoms with E-state index in [9.17, 15) is 8.78 Å². The summed E-state index contributed by atoms with van der Waals surface area (Å²) in [5.74, 6) is -1.90. The molecule has 1 aromatic carbocycles. The van der Waals surface area contributed by atoms with Crippen LogP contribution >= 0.6 is 0 Å². The van der Waals surface area contributed by atoms with Crippen molar-refractivity contribution in [2.24, 2.45) is 0 Å². The van der Waals surface area contributed by atoms with E-state index < -0.39 is 11.6 Å². The van der Waals surface area contributed by atoms with Gasteiger partial charge in [0.1, 0.15) is 0 Å². The van der Waals surface area contributed by atoms with E-state index >= 15 is 0 Å². The summed E-state index contributed by atoms with van der Waals surface area (Å²) in [6.45, 7) is 7.24. The molecule has 0 nitrogen and oxygen atoms in total. The van der Waals surface area contributed by atoms with E-state index in [0.717, 1.165) is 6.07 Å². The van der Waals surface area contributed by atoms with Crippen molar-refractivity contribution in [3.05, 3.63) is 55.0 Å². The van der Waals surface area contributed by atoms with Gasteiger partial charge in [-0.15, -0.1) is 6.58 Å². The normalized spacial score (nSPS) is 12.5. The van der Waals surface area contributed by atoms with E-state index in [2.05, 4.69) is 13.5 Å². The molecule has 69 valence electrons. The molecule has 0 aliphatic rings. The van der Waals surface area contributed by atoms with Crippen LogP contribution in [0.5, 0.6) is 0 Å². The maximum Gasteiger partial charge on any atom is 0.162 e. The Bertz CT molecular complexity index is 305. The van der Waals surface area contributed by atoms with Crippen molar-refractivity contribution in [3.63, 3.8) is 0 Å². The third kappa shape index (κ3) is 2.14. The average Bonchev–Trinajstić information content (AvgIpc) is 2.10. The second-order valence-electron chi connectivity index (χ2n) is 2.86. The van der Waals surface area contributed by atoms with Crippen LogP contribution in [-0.4, -0.2) is 0 Å². The number of hydrogen-bond acceptors (Lipinski definition) is 0. The van der Waals surface area contributed by atoms with Gasteiger partial charge in [-0.3, -0.25) is 0 Å². The van der Waals surface area contributed by atoms with Gasteiger partial charge in [0.25, 0.3) is 0 Å². The van der Waals surface area contributed by atoms with Crippen LogP contribution in [0.4, 0.5) is 8.78 Å². The van der Waals surface area contributed by atoms with Gasteiger partial charge in [0.15, 0.2) is 11.6 Å². The van der Waals surface area contributed by atoms with E-state index in [4.69, 9.17) is 0 Å². The van der Waals surface area contributed by atoms with E-state index in [1.165, 1.54) is 6.07 Å². The van der Waals surface area contributed by atoms with Gasteiger partial charge in [-0.1, -0.05) is 18.2 Å². The van der Waals surface area contributed by atoms with Crippen molar-refractivity contribution >= 4 is 0 Å². The van der Waals surface area contributed by atoms with Gasteiger partial charge < -0.3 is 0 Å². The molecule has 1 aromatic rings. The lowest BCUT2D eigenvalue weighted by Gasteiger charge is -2.09. The van der Waals surface area contributed by atoms with Crippen molar-refractivity contribution in [1.82, 2.24) is 0 Å². The standard InChI is InChI=1S/C11H11F2/c1-3-5-8(2)9-6-4-7-10(12)11(9)13/h3-4,6-8H,1-2,5H2. The fourth-order valence-electron chi connectivity index (χ4n) is 1.16. The molecule has 0 fully saturated rings. The minimum Gasteiger partial charge on any atom is -0.204 e. The SMILES string of the molecule is [CH2]C(CC=C)c1cccc(F)c1F. The fourth-order valence-corrected chi connectivity index (χ4v) is 1.16. The Kier molecular flexibility index (Phi) is 3.18. The average molecular weight is 181 g/mol. The van der Waals surface area contributed by atoms with E-state index in [-0.39, 0.29) is 5.92 Å². The van der Waals surface area contributed by atoms with Crippen LogP contribution in [0.15, 0.2) is 30.9 Å². The second kappa shape index (κ2) is 4.17. The number of rotatable bonds is 3. The van der Waals surface area contributed by atoms with Gasteiger partial charge in [-0.2, -0.15) is 0 Å². The predicted molar refractivity (Wildman–Crippen MR) is 49.3 cm³/mol. The zero-order chi connectivity index (χ0) is 9.84. The molecule has 0 N–H and O–H groups in total. The largest absolute Gasteiger partial charge is 0.204 e. The molecule has 1 rings (SSSR count). The van der Waals surface area contributed by atoms with Crippen molar-refractivity contribution in [1.29, 1.82) is 0 Å². The molecule has 0 amide bonds. The summed E-state index contributed by atoms with van der Waals surface area (Å²) in [5, 5.41) is 0. The summed E-state index contributed by atoms with van der Waals surface area (Å²) in [5.41, 5.74) is 0.305. The molecular weight excluding hydrogens is 170 g/mol. The summed E-state index contributed by atoms with van der Waals surface area (Å²) >= 11 is 0. The van der Waals surface area contributed by atoms with Crippen LogP contribution in [0.3, 0.4) is 0 Å². The summed E-state index contributed by atoms with van der Waals surface area (Å²) in [7, 11) is 0. The fraction of sp³-hybridized carbons (Fsp3) is 0.182. The molecule has 0 saturated heterocycles. The molecular formula is C11H11F2. The lowest BCUT2D eigenvalue weighted by Crippen LogP contribution is -1.98. The predicted octanol–water partition coefficient (Wildman–Crippen LogP) is 3.46. The molecule has 1 atom stereocenters. The first kappa shape index (κ1) is 9.90. The maximum atomic E-state index is 13.1. The number of allylic oxidation sites excluding steroid dienone is 1. The summed E-state index contributed by atoms with van der Waals surface area (Å²) in [6.07, 6.45) is 2.18. The first-order valence-corrected chi connectivity index (χ1v) is 4.04. The Balaban J connectivity index is 3.00. The smallest absolute Gasteiger partial charge is 0.162 e. The number of benzene rings is 1. The van der Waals surface area contributed by atoms with Crippen LogP contribution < -0.4 is 0 Å². The third-order valence-corrected chi connectivity index (χ3v) is 1.87. The molecule has 0 aliphatic carbocycles. The van der Waals surface area contributed by atoms with Crippen LogP contribution in [0.25, 0.3) is 0 Å². The molecule has 0 heterocycles. The molecule has 13 heavy (non-hydrogen) atoms. The van der Waals surface area contributed by atoms with Gasteiger partial charge in [-0.25, -0.2) is 8.78 Å². The number of halogens is 2. The summed E-state index contributed by atoms with van der Waals surface area (Å²) < 4.78 is 25.9. The monoisotopic (exact) mass is 181 g/mol. The Labute approximate surface area is 76.9 Å². The summed E-state index contributed by atoms with van der Waals surface area (Å²) in [6, 6.07) is 4.12. The topological polar surface area (TPSA) is 0 Å². The molecule has 0 aliphatic heterocycles. The highest BCUT2D eigenvalue weighted by Crippen LogP contribution is 2.23. The van der Waals surface area contributed by atoms with Gasteiger partial charge in [0.2, 0.25) is 0 Å². The molecule has 2 heteroatoms. The van der Waals surface area contributed by atoms with E-state index in [0.29, 0.717) is 12.0 Å². The van der Waals surface area contributed by atoms with Crippen molar-refractivity contribution < 1.29 is 8.78 Å². The molecule has 0 bridgehead atoms. The van der Waals surface area contributed by atoms with Crippen LogP contribution in [0.1, 0.15) is 17.9 Å². The van der Waals surface area contributed by atoms with Crippen molar-refractivity contribution in [3.8, 4) is 0 Å². The zero-order valence-corrected chi connectivity index (χ0v) is 7.26. The Morgan fingerprint density at radius 2 is 2.08 bits per heavy atom. The lowest BCUT2D eigenvalue weighted by molar-refractivity contribution is 0.494. The van der Waals surface area contributed by atoms with Gasteiger partial charge >= 0.3 is 0 Å². The Morgan fingerprint density at radius 1 is 1.38 bits per heavy atom. The first-order chi connectivity index (χ1) is 6.16. The first-order valence-electron chi connectivity index (χ1n) is 4.04. The van der Waals surface area contributed by atoms with Crippen LogP contribution in [0, 0.1) is 18.6 Å². The zero-order valence-electron chi connectivity index (χ0n) is 7.26. The van der Waals surface area contributed by atoms with E-state index in [1.807, 2.05) is 0 Å². The van der Waals surface area contributed by atoms with Crippen LogP contribution in [0.2, 0.25) is 0 Å². The molecule has 0 saturated carbocycles. The molecule has 0 spiro atoms. The maximum absolute atomic E-state index is 13.1. The molecule has 0 aromatic heterocycles. The highest BCUT2D eigenvalue weighted by Gasteiger charge is 2.12.